The van der Waals surface area contributed by atoms with Gasteiger partial charge in [-0.25, -0.2) is 4.79 Å². The molecule has 0 fully saturated rings. The standard InChI is InChI=1S/C25H32N4O3S3/c1-6-32-24(31)21-17-10-8-7-9-11-19(17)35-23(21)26-20(30)13-34-25-28-27-22(29(25)14(2)3)18-12-33-16(5)15(18)4/h12,14H,6-11,13H2,1-5H3,(H,26,30). The lowest BCUT2D eigenvalue weighted by atomic mass is 10.1. The van der Waals surface area contributed by atoms with Crippen LogP contribution >= 0.6 is 34.4 Å². The fraction of sp³-hybridized carbons (Fsp3) is 0.520. The molecule has 35 heavy (non-hydrogen) atoms. The van der Waals surface area contributed by atoms with Crippen LogP contribution in [0.15, 0.2) is 10.5 Å². The molecule has 10 heteroatoms. The Labute approximate surface area is 218 Å². The Bertz CT molecular complexity index is 1230. The Hall–Kier alpha value is -2.17. The SMILES string of the molecule is CCOC(=O)c1c(NC(=O)CSc2nnc(-c3csc(C)c3C)n2C(C)C)sc2c1CCCCC2. The number of anilines is 1. The summed E-state index contributed by atoms with van der Waals surface area (Å²) in [6.45, 7) is 10.5. The molecule has 0 aliphatic heterocycles. The van der Waals surface area contributed by atoms with Gasteiger partial charge in [-0.05, 0) is 71.4 Å². The highest BCUT2D eigenvalue weighted by atomic mass is 32.2. The van der Waals surface area contributed by atoms with Gasteiger partial charge >= 0.3 is 5.97 Å². The molecule has 0 saturated carbocycles. The predicted molar refractivity (Wildman–Crippen MR) is 144 cm³/mol. The highest BCUT2D eigenvalue weighted by Crippen LogP contribution is 2.38. The molecule has 1 N–H and O–H groups in total. The summed E-state index contributed by atoms with van der Waals surface area (Å²) in [7, 11) is 0. The quantitative estimate of drug-likeness (QED) is 0.204. The third-order valence-corrected chi connectivity index (χ3v) is 9.36. The van der Waals surface area contributed by atoms with Crippen molar-refractivity contribution in [3.63, 3.8) is 0 Å². The van der Waals surface area contributed by atoms with E-state index in [1.807, 2.05) is 0 Å². The first-order valence-electron chi connectivity index (χ1n) is 12.1. The van der Waals surface area contributed by atoms with Gasteiger partial charge in [0.25, 0.3) is 0 Å². The number of aryl methyl sites for hydroxylation is 2. The van der Waals surface area contributed by atoms with E-state index in [1.165, 1.54) is 38.4 Å². The zero-order chi connectivity index (χ0) is 25.1. The lowest BCUT2D eigenvalue weighted by molar-refractivity contribution is -0.113. The van der Waals surface area contributed by atoms with Gasteiger partial charge in [0.15, 0.2) is 11.0 Å². The van der Waals surface area contributed by atoms with Crippen molar-refractivity contribution in [2.45, 2.75) is 77.9 Å². The van der Waals surface area contributed by atoms with E-state index >= 15 is 0 Å². The van der Waals surface area contributed by atoms with Gasteiger partial charge in [0.1, 0.15) is 5.00 Å². The van der Waals surface area contributed by atoms with Gasteiger partial charge in [-0.3, -0.25) is 9.36 Å². The van der Waals surface area contributed by atoms with E-state index in [0.29, 0.717) is 22.3 Å². The number of aromatic nitrogens is 3. The van der Waals surface area contributed by atoms with Crippen LogP contribution in [0.3, 0.4) is 0 Å². The zero-order valence-corrected chi connectivity index (χ0v) is 23.3. The highest BCUT2D eigenvalue weighted by molar-refractivity contribution is 7.99. The molecule has 0 radical (unpaired) electrons. The summed E-state index contributed by atoms with van der Waals surface area (Å²) in [5.74, 6) is 0.494. The zero-order valence-electron chi connectivity index (χ0n) is 20.9. The van der Waals surface area contributed by atoms with Crippen LogP contribution in [0, 0.1) is 13.8 Å². The van der Waals surface area contributed by atoms with Crippen molar-refractivity contribution < 1.29 is 14.3 Å². The normalized spacial score (nSPS) is 13.5. The van der Waals surface area contributed by atoms with Crippen LogP contribution in [0.25, 0.3) is 11.4 Å². The first-order chi connectivity index (χ1) is 16.8. The van der Waals surface area contributed by atoms with Gasteiger partial charge in [-0.1, -0.05) is 18.2 Å². The number of thioether (sulfide) groups is 1. The molecule has 3 heterocycles. The number of esters is 1. The Morgan fingerprint density at radius 2 is 1.97 bits per heavy atom. The van der Waals surface area contributed by atoms with Gasteiger partial charge in [-0.15, -0.1) is 32.9 Å². The number of fused-ring (bicyclic) bond motifs is 1. The molecular weight excluding hydrogens is 501 g/mol. The molecule has 1 amide bonds. The van der Waals surface area contributed by atoms with Crippen molar-refractivity contribution in [2.75, 3.05) is 17.7 Å². The van der Waals surface area contributed by atoms with Crippen molar-refractivity contribution in [1.82, 2.24) is 14.8 Å². The topological polar surface area (TPSA) is 86.1 Å². The first kappa shape index (κ1) is 25.9. The summed E-state index contributed by atoms with van der Waals surface area (Å²) in [6, 6.07) is 0.147. The molecule has 1 aliphatic rings. The van der Waals surface area contributed by atoms with Crippen LogP contribution in [-0.2, 0) is 22.4 Å². The number of nitrogens with one attached hydrogen (secondary N) is 1. The summed E-state index contributed by atoms with van der Waals surface area (Å²) >= 11 is 4.59. The van der Waals surface area contributed by atoms with Crippen LogP contribution in [0.5, 0.6) is 0 Å². The number of ether oxygens (including phenoxy) is 1. The Morgan fingerprint density at radius 3 is 2.66 bits per heavy atom. The number of amides is 1. The molecule has 0 atom stereocenters. The number of carbonyl (C=O) groups is 2. The van der Waals surface area contributed by atoms with Crippen LogP contribution in [0.4, 0.5) is 5.00 Å². The fourth-order valence-corrected chi connectivity index (χ4v) is 7.33. The average Bonchev–Trinajstić information content (AvgIpc) is 3.43. The van der Waals surface area contributed by atoms with Crippen molar-refractivity contribution >= 4 is 51.3 Å². The van der Waals surface area contributed by atoms with Crippen LogP contribution in [0.2, 0.25) is 0 Å². The fourth-order valence-electron chi connectivity index (χ4n) is 4.30. The van der Waals surface area contributed by atoms with E-state index in [2.05, 4.69) is 53.2 Å². The minimum absolute atomic E-state index is 0.147. The number of thiophene rings is 2. The van der Waals surface area contributed by atoms with Crippen molar-refractivity contribution in [3.05, 3.63) is 31.8 Å². The van der Waals surface area contributed by atoms with Gasteiger partial charge in [0.2, 0.25) is 5.91 Å². The monoisotopic (exact) mass is 532 g/mol. The lowest BCUT2D eigenvalue weighted by Crippen LogP contribution is -2.17. The number of rotatable bonds is 8. The minimum atomic E-state index is -0.347. The summed E-state index contributed by atoms with van der Waals surface area (Å²) in [5.41, 5.74) is 3.90. The molecular formula is C25H32N4O3S3. The van der Waals surface area contributed by atoms with Gasteiger partial charge in [0, 0.05) is 26.7 Å². The molecule has 3 aromatic rings. The molecule has 4 rings (SSSR count). The van der Waals surface area contributed by atoms with E-state index in [-0.39, 0.29) is 23.7 Å². The molecule has 3 aromatic heterocycles. The first-order valence-corrected chi connectivity index (χ1v) is 14.7. The number of hydrogen-bond acceptors (Lipinski definition) is 8. The summed E-state index contributed by atoms with van der Waals surface area (Å²) in [4.78, 5) is 28.2. The second-order valence-corrected chi connectivity index (χ2v) is 12.1. The second kappa shape index (κ2) is 11.3. The Morgan fingerprint density at radius 1 is 1.20 bits per heavy atom. The molecule has 7 nitrogen and oxygen atoms in total. The third kappa shape index (κ3) is 5.49. The maximum absolute atomic E-state index is 13.0. The number of hydrogen-bond donors (Lipinski definition) is 1. The summed E-state index contributed by atoms with van der Waals surface area (Å²) < 4.78 is 7.42. The van der Waals surface area contributed by atoms with E-state index in [4.69, 9.17) is 4.74 Å². The summed E-state index contributed by atoms with van der Waals surface area (Å²) in [6.07, 6.45) is 5.11. The van der Waals surface area contributed by atoms with Crippen LogP contribution in [-0.4, -0.2) is 39.0 Å². The van der Waals surface area contributed by atoms with Crippen molar-refractivity contribution in [1.29, 1.82) is 0 Å². The molecule has 0 unspecified atom stereocenters. The highest BCUT2D eigenvalue weighted by Gasteiger charge is 2.27. The van der Waals surface area contributed by atoms with E-state index in [9.17, 15) is 9.59 Å². The van der Waals surface area contributed by atoms with E-state index in [1.54, 1.807) is 18.3 Å². The lowest BCUT2D eigenvalue weighted by Gasteiger charge is -2.14. The minimum Gasteiger partial charge on any atom is -0.462 e. The van der Waals surface area contributed by atoms with Gasteiger partial charge in [-0.2, -0.15) is 0 Å². The molecule has 0 bridgehead atoms. The van der Waals surface area contributed by atoms with Gasteiger partial charge < -0.3 is 10.1 Å². The second-order valence-electron chi connectivity index (χ2n) is 8.93. The Balaban J connectivity index is 1.52. The van der Waals surface area contributed by atoms with E-state index in [0.717, 1.165) is 49.1 Å². The van der Waals surface area contributed by atoms with E-state index < -0.39 is 0 Å². The molecule has 0 aromatic carbocycles. The summed E-state index contributed by atoms with van der Waals surface area (Å²) in [5, 5.41) is 15.3. The number of carbonyl (C=O) groups excluding carboxylic acids is 2. The predicted octanol–water partition coefficient (Wildman–Crippen LogP) is 6.44. The maximum Gasteiger partial charge on any atom is 0.341 e. The molecule has 0 spiro atoms. The Kier molecular flexibility index (Phi) is 8.34. The largest absolute Gasteiger partial charge is 0.462 e. The smallest absolute Gasteiger partial charge is 0.341 e. The molecule has 1 aliphatic carbocycles. The third-order valence-electron chi connectivity index (χ3n) is 6.19. The van der Waals surface area contributed by atoms with Gasteiger partial charge in [0.05, 0.1) is 17.9 Å². The van der Waals surface area contributed by atoms with Crippen molar-refractivity contribution in [3.8, 4) is 11.4 Å². The molecule has 0 saturated heterocycles. The average molecular weight is 533 g/mol. The number of nitrogens with zero attached hydrogens (tertiary/aromatic N) is 3. The van der Waals surface area contributed by atoms with Crippen molar-refractivity contribution in [2.24, 2.45) is 0 Å². The molecule has 188 valence electrons. The van der Waals surface area contributed by atoms with Crippen LogP contribution < -0.4 is 5.32 Å². The maximum atomic E-state index is 13.0. The van der Waals surface area contributed by atoms with Crippen LogP contribution in [0.1, 0.15) is 77.3 Å².